The molecule has 0 aliphatic carbocycles. The second-order valence-corrected chi connectivity index (χ2v) is 7.73. The van der Waals surface area contributed by atoms with Gasteiger partial charge in [-0.25, -0.2) is 4.98 Å². The zero-order valence-corrected chi connectivity index (χ0v) is 13.7. The summed E-state index contributed by atoms with van der Waals surface area (Å²) in [5, 5.41) is 4.72. The minimum Gasteiger partial charge on any atom is -0.317 e. The molecule has 0 fully saturated rings. The van der Waals surface area contributed by atoms with Crippen molar-refractivity contribution in [2.45, 2.75) is 60.4 Å². The van der Waals surface area contributed by atoms with E-state index in [0.717, 1.165) is 6.42 Å². The van der Waals surface area contributed by atoms with Crippen molar-refractivity contribution in [1.82, 2.24) is 10.3 Å². The summed E-state index contributed by atoms with van der Waals surface area (Å²) in [6.07, 6.45) is 2.26. The molecular formula is C15H28N2S. The van der Waals surface area contributed by atoms with Gasteiger partial charge in [-0.05, 0) is 38.6 Å². The van der Waals surface area contributed by atoms with E-state index in [1.807, 2.05) is 11.3 Å². The fourth-order valence-electron chi connectivity index (χ4n) is 1.92. The number of aryl methyl sites for hydroxylation is 2. The molecule has 2 atom stereocenters. The Labute approximate surface area is 116 Å². The fraction of sp³-hybridized carbons (Fsp3) is 0.800. The number of hydrogen-bond donors (Lipinski definition) is 1. The molecule has 0 spiro atoms. The number of rotatable bonds is 5. The van der Waals surface area contributed by atoms with Gasteiger partial charge in [-0.1, -0.05) is 27.7 Å². The Morgan fingerprint density at radius 2 is 1.89 bits per heavy atom. The van der Waals surface area contributed by atoms with Crippen molar-refractivity contribution in [2.75, 3.05) is 7.05 Å². The summed E-state index contributed by atoms with van der Waals surface area (Å²) in [5.74, 6) is 0.706. The third-order valence-electron chi connectivity index (χ3n) is 4.02. The number of nitrogens with zero attached hydrogens (tertiary/aromatic N) is 1. The average molecular weight is 268 g/mol. The average Bonchev–Trinajstić information content (AvgIpc) is 2.55. The largest absolute Gasteiger partial charge is 0.317 e. The lowest BCUT2D eigenvalue weighted by molar-refractivity contribution is 0.225. The van der Waals surface area contributed by atoms with Crippen LogP contribution in [0.3, 0.4) is 0 Å². The quantitative estimate of drug-likeness (QED) is 0.874. The van der Waals surface area contributed by atoms with Gasteiger partial charge in [0.05, 0.1) is 10.7 Å². The van der Waals surface area contributed by atoms with Crippen molar-refractivity contribution in [3.63, 3.8) is 0 Å². The minimum atomic E-state index is 0.379. The molecule has 2 unspecified atom stereocenters. The summed E-state index contributed by atoms with van der Waals surface area (Å²) >= 11 is 1.84. The molecule has 2 nitrogen and oxygen atoms in total. The first-order chi connectivity index (χ1) is 8.24. The van der Waals surface area contributed by atoms with Gasteiger partial charge in [0.25, 0.3) is 0 Å². The van der Waals surface area contributed by atoms with E-state index in [2.05, 4.69) is 58.9 Å². The van der Waals surface area contributed by atoms with E-state index in [4.69, 9.17) is 0 Å². The van der Waals surface area contributed by atoms with Crippen LogP contribution in [0.5, 0.6) is 0 Å². The van der Waals surface area contributed by atoms with Crippen LogP contribution in [0.4, 0.5) is 0 Å². The highest BCUT2D eigenvalue weighted by Crippen LogP contribution is 2.30. The van der Waals surface area contributed by atoms with Crippen molar-refractivity contribution >= 4 is 11.3 Å². The number of nitrogens with one attached hydrogen (secondary N) is 1. The van der Waals surface area contributed by atoms with E-state index < -0.39 is 0 Å². The monoisotopic (exact) mass is 268 g/mol. The molecule has 3 heteroatoms. The summed E-state index contributed by atoms with van der Waals surface area (Å²) in [6, 6.07) is 0.532. The van der Waals surface area contributed by atoms with Crippen molar-refractivity contribution in [1.29, 1.82) is 0 Å². The van der Waals surface area contributed by atoms with Crippen LogP contribution in [0.1, 0.15) is 49.7 Å². The molecule has 0 bridgehead atoms. The van der Waals surface area contributed by atoms with E-state index >= 15 is 0 Å². The van der Waals surface area contributed by atoms with Gasteiger partial charge in [0.1, 0.15) is 0 Å². The highest BCUT2D eigenvalue weighted by Gasteiger charge is 2.23. The molecule has 0 aromatic carbocycles. The Kier molecular flexibility index (Phi) is 5.35. The van der Waals surface area contributed by atoms with Crippen LogP contribution in [0.2, 0.25) is 0 Å². The van der Waals surface area contributed by atoms with E-state index in [9.17, 15) is 0 Å². The Morgan fingerprint density at radius 1 is 1.28 bits per heavy atom. The van der Waals surface area contributed by atoms with Crippen molar-refractivity contribution in [3.05, 3.63) is 15.6 Å². The molecule has 1 rings (SSSR count). The lowest BCUT2D eigenvalue weighted by atomic mass is 9.78. The lowest BCUT2D eigenvalue weighted by Gasteiger charge is -2.30. The number of aromatic nitrogens is 1. The first-order valence-corrected chi connectivity index (χ1v) is 7.65. The summed E-state index contributed by atoms with van der Waals surface area (Å²) < 4.78 is 0. The summed E-state index contributed by atoms with van der Waals surface area (Å²) in [4.78, 5) is 6.00. The maximum atomic E-state index is 4.65. The molecule has 104 valence electrons. The van der Waals surface area contributed by atoms with Crippen LogP contribution >= 0.6 is 11.3 Å². The van der Waals surface area contributed by atoms with Crippen LogP contribution < -0.4 is 5.32 Å². The first kappa shape index (κ1) is 15.6. The van der Waals surface area contributed by atoms with Gasteiger partial charge in [0.15, 0.2) is 0 Å². The standard InChI is InChI=1S/C15H28N2S/c1-10(15(4,5)6)8-13(16-7)9-14-17-11(2)12(3)18-14/h10,13,16H,8-9H2,1-7H3. The summed E-state index contributed by atoms with van der Waals surface area (Å²) in [6.45, 7) is 13.6. The molecule has 18 heavy (non-hydrogen) atoms. The predicted octanol–water partition coefficient (Wildman–Crippen LogP) is 3.96. The van der Waals surface area contributed by atoms with Gasteiger partial charge in [-0.15, -0.1) is 11.3 Å². The molecule has 0 radical (unpaired) electrons. The highest BCUT2D eigenvalue weighted by atomic mass is 32.1. The second-order valence-electron chi connectivity index (χ2n) is 6.44. The molecule has 0 amide bonds. The topological polar surface area (TPSA) is 24.9 Å². The van der Waals surface area contributed by atoms with Crippen molar-refractivity contribution in [3.8, 4) is 0 Å². The minimum absolute atomic E-state index is 0.379. The van der Waals surface area contributed by atoms with Crippen LogP contribution in [0.25, 0.3) is 0 Å². The van der Waals surface area contributed by atoms with Gasteiger partial charge in [-0.3, -0.25) is 0 Å². The van der Waals surface area contributed by atoms with Gasteiger partial charge in [0, 0.05) is 17.3 Å². The van der Waals surface area contributed by atoms with Gasteiger partial charge in [-0.2, -0.15) is 0 Å². The van der Waals surface area contributed by atoms with Gasteiger partial charge < -0.3 is 5.32 Å². The molecule has 0 saturated carbocycles. The molecule has 1 heterocycles. The Hall–Kier alpha value is -0.410. The molecular weight excluding hydrogens is 240 g/mol. The second kappa shape index (κ2) is 6.16. The third kappa shape index (κ3) is 4.36. The maximum Gasteiger partial charge on any atom is 0.0946 e. The van der Waals surface area contributed by atoms with Gasteiger partial charge in [0.2, 0.25) is 0 Å². The predicted molar refractivity (Wildman–Crippen MR) is 81.4 cm³/mol. The number of thiazole rings is 1. The van der Waals surface area contributed by atoms with E-state index in [1.165, 1.54) is 22.0 Å². The number of likely N-dealkylation sites (N-methyl/N-ethyl adjacent to an activating group) is 1. The number of hydrogen-bond acceptors (Lipinski definition) is 3. The molecule has 1 aromatic heterocycles. The summed E-state index contributed by atoms with van der Waals surface area (Å²) in [7, 11) is 2.06. The molecule has 0 aliphatic rings. The van der Waals surface area contributed by atoms with E-state index in [-0.39, 0.29) is 0 Å². The lowest BCUT2D eigenvalue weighted by Crippen LogP contribution is -2.33. The van der Waals surface area contributed by atoms with Crippen LogP contribution in [-0.4, -0.2) is 18.1 Å². The normalized spacial score (nSPS) is 15.7. The van der Waals surface area contributed by atoms with Crippen LogP contribution in [-0.2, 0) is 6.42 Å². The molecule has 1 aromatic rings. The van der Waals surface area contributed by atoms with E-state index in [1.54, 1.807) is 0 Å². The van der Waals surface area contributed by atoms with Crippen LogP contribution in [0.15, 0.2) is 0 Å². The fourth-order valence-corrected chi connectivity index (χ4v) is 2.93. The summed E-state index contributed by atoms with van der Waals surface area (Å²) in [5.41, 5.74) is 1.57. The SMILES string of the molecule is CNC(Cc1nc(C)c(C)s1)CC(C)C(C)(C)C. The van der Waals surface area contributed by atoms with E-state index in [0.29, 0.717) is 17.4 Å². The smallest absolute Gasteiger partial charge is 0.0946 e. The highest BCUT2D eigenvalue weighted by molar-refractivity contribution is 7.11. The zero-order chi connectivity index (χ0) is 13.9. The van der Waals surface area contributed by atoms with Crippen molar-refractivity contribution in [2.24, 2.45) is 11.3 Å². The Bertz CT molecular complexity index is 357. The maximum absolute atomic E-state index is 4.65. The van der Waals surface area contributed by atoms with Gasteiger partial charge >= 0.3 is 0 Å². The third-order valence-corrected chi connectivity index (χ3v) is 5.11. The van der Waals surface area contributed by atoms with Crippen molar-refractivity contribution < 1.29 is 0 Å². The van der Waals surface area contributed by atoms with Crippen LogP contribution in [0, 0.1) is 25.2 Å². The Morgan fingerprint density at radius 3 is 2.28 bits per heavy atom. The Balaban J connectivity index is 2.62. The zero-order valence-electron chi connectivity index (χ0n) is 12.9. The molecule has 0 saturated heterocycles. The molecule has 1 N–H and O–H groups in total. The molecule has 0 aliphatic heterocycles. The first-order valence-electron chi connectivity index (χ1n) is 6.84.